The number of rotatable bonds is 1. The molecule has 0 saturated heterocycles. The van der Waals surface area contributed by atoms with Gasteiger partial charge in [-0.1, -0.05) is 11.8 Å². The Bertz CT molecular complexity index is 449. The molecule has 0 atom stereocenters. The maximum Gasteiger partial charge on any atom is 0.131 e. The van der Waals surface area contributed by atoms with Crippen LogP contribution in [0.2, 0.25) is 0 Å². The molecule has 0 spiro atoms. The first kappa shape index (κ1) is 9.95. The smallest absolute Gasteiger partial charge is 0.131 e. The SMILES string of the molecule is N#Cc1ccc(F)cc1C#CCC=O. The van der Waals surface area contributed by atoms with Crippen LogP contribution in [0.15, 0.2) is 18.2 Å². The lowest BCUT2D eigenvalue weighted by atomic mass is 10.1. The van der Waals surface area contributed by atoms with Gasteiger partial charge in [-0.3, -0.25) is 0 Å². The molecule has 0 aromatic heterocycles. The summed E-state index contributed by atoms with van der Waals surface area (Å²) in [6.07, 6.45) is 0.736. The number of hydrogen-bond acceptors (Lipinski definition) is 2. The van der Waals surface area contributed by atoms with Gasteiger partial charge in [-0.25, -0.2) is 4.39 Å². The first-order valence-corrected chi connectivity index (χ1v) is 3.90. The molecule has 1 aromatic carbocycles. The van der Waals surface area contributed by atoms with Crippen molar-refractivity contribution in [1.82, 2.24) is 0 Å². The van der Waals surface area contributed by atoms with Crippen molar-refractivity contribution in [3.63, 3.8) is 0 Å². The highest BCUT2D eigenvalue weighted by Crippen LogP contribution is 2.08. The van der Waals surface area contributed by atoms with Gasteiger partial charge in [-0.15, -0.1) is 0 Å². The summed E-state index contributed by atoms with van der Waals surface area (Å²) in [5, 5.41) is 8.66. The number of carbonyl (C=O) groups is 1. The molecule has 2 nitrogen and oxygen atoms in total. The molecular weight excluding hydrogens is 181 g/mol. The molecule has 3 heteroatoms. The fourth-order valence-electron chi connectivity index (χ4n) is 0.905. The number of nitriles is 1. The van der Waals surface area contributed by atoms with E-state index in [0.29, 0.717) is 17.4 Å². The largest absolute Gasteiger partial charge is 0.302 e. The third-order valence-corrected chi connectivity index (χ3v) is 1.51. The van der Waals surface area contributed by atoms with Crippen LogP contribution in [0.5, 0.6) is 0 Å². The highest BCUT2D eigenvalue weighted by Gasteiger charge is 1.99. The van der Waals surface area contributed by atoms with Crippen molar-refractivity contribution in [2.24, 2.45) is 0 Å². The zero-order valence-electron chi connectivity index (χ0n) is 7.25. The molecule has 1 rings (SSSR count). The number of benzene rings is 1. The van der Waals surface area contributed by atoms with Crippen LogP contribution in [0.1, 0.15) is 17.5 Å². The van der Waals surface area contributed by atoms with Crippen LogP contribution in [0.25, 0.3) is 0 Å². The van der Waals surface area contributed by atoms with Gasteiger partial charge in [0, 0.05) is 5.56 Å². The van der Waals surface area contributed by atoms with Crippen LogP contribution < -0.4 is 0 Å². The van der Waals surface area contributed by atoms with E-state index in [0.717, 1.165) is 0 Å². The van der Waals surface area contributed by atoms with E-state index in [-0.39, 0.29) is 6.42 Å². The highest BCUT2D eigenvalue weighted by atomic mass is 19.1. The molecular formula is C11H6FNO. The van der Waals surface area contributed by atoms with Crippen LogP contribution >= 0.6 is 0 Å². The molecule has 0 fully saturated rings. The molecule has 0 aliphatic carbocycles. The molecule has 0 aliphatic heterocycles. The molecule has 0 aliphatic rings. The Labute approximate surface area is 81.0 Å². The minimum atomic E-state index is -0.445. The summed E-state index contributed by atoms with van der Waals surface area (Å²) < 4.78 is 12.7. The number of hydrogen-bond donors (Lipinski definition) is 0. The van der Waals surface area contributed by atoms with Crippen LogP contribution in [0.3, 0.4) is 0 Å². The molecule has 0 radical (unpaired) electrons. The lowest BCUT2D eigenvalue weighted by molar-refractivity contribution is -0.107. The summed E-state index contributed by atoms with van der Waals surface area (Å²) in [6, 6.07) is 5.63. The summed E-state index contributed by atoms with van der Waals surface area (Å²) in [7, 11) is 0. The number of carbonyl (C=O) groups excluding carboxylic acids is 1. The van der Waals surface area contributed by atoms with Gasteiger partial charge in [0.2, 0.25) is 0 Å². The Balaban J connectivity index is 3.08. The van der Waals surface area contributed by atoms with Gasteiger partial charge in [0.05, 0.1) is 12.0 Å². The topological polar surface area (TPSA) is 40.9 Å². The second kappa shape index (κ2) is 4.79. The molecule has 68 valence electrons. The van der Waals surface area contributed by atoms with Crippen molar-refractivity contribution in [3.05, 3.63) is 35.1 Å². The van der Waals surface area contributed by atoms with Gasteiger partial charge >= 0.3 is 0 Å². The minimum absolute atomic E-state index is 0.0847. The van der Waals surface area contributed by atoms with E-state index in [4.69, 9.17) is 5.26 Å². The van der Waals surface area contributed by atoms with Gasteiger partial charge in [0.25, 0.3) is 0 Å². The standard InChI is InChI=1S/C11H6FNO/c12-11-5-4-10(8-13)9(7-11)3-1-2-6-14/h4-7H,2H2. The maximum absolute atomic E-state index is 12.7. The van der Waals surface area contributed by atoms with Crippen molar-refractivity contribution in [2.45, 2.75) is 6.42 Å². The Hall–Kier alpha value is -2.13. The summed E-state index contributed by atoms with van der Waals surface area (Å²) in [6.45, 7) is 0. The Morgan fingerprint density at radius 2 is 2.21 bits per heavy atom. The van der Waals surface area contributed by atoms with Gasteiger partial charge in [0.1, 0.15) is 18.2 Å². The summed E-state index contributed by atoms with van der Waals surface area (Å²) in [4.78, 5) is 9.97. The summed E-state index contributed by atoms with van der Waals surface area (Å²) >= 11 is 0. The third kappa shape index (κ3) is 2.43. The first-order chi connectivity index (χ1) is 6.77. The van der Waals surface area contributed by atoms with Crippen LogP contribution in [0, 0.1) is 29.0 Å². The molecule has 0 saturated carbocycles. The molecule has 1 aromatic rings. The maximum atomic E-state index is 12.7. The van der Waals surface area contributed by atoms with E-state index in [1.165, 1.54) is 18.2 Å². The van der Waals surface area contributed by atoms with Gasteiger partial charge in [-0.05, 0) is 18.2 Å². The van der Waals surface area contributed by atoms with Crippen molar-refractivity contribution in [1.29, 1.82) is 5.26 Å². The third-order valence-electron chi connectivity index (χ3n) is 1.51. The predicted octanol–water partition coefficient (Wildman–Crippen LogP) is 1.64. The lowest BCUT2D eigenvalue weighted by Crippen LogP contribution is -1.85. The van der Waals surface area contributed by atoms with Crippen molar-refractivity contribution >= 4 is 6.29 Å². The lowest BCUT2D eigenvalue weighted by Gasteiger charge is -1.94. The summed E-state index contributed by atoms with van der Waals surface area (Å²) in [5.74, 6) is 4.63. The number of halogens is 1. The zero-order chi connectivity index (χ0) is 10.4. The van der Waals surface area contributed by atoms with Crippen molar-refractivity contribution in [3.8, 4) is 17.9 Å². The first-order valence-electron chi connectivity index (χ1n) is 3.90. The highest BCUT2D eigenvalue weighted by molar-refractivity contribution is 5.56. The Morgan fingerprint density at radius 3 is 2.86 bits per heavy atom. The average molecular weight is 187 g/mol. The van der Waals surface area contributed by atoms with Crippen molar-refractivity contribution in [2.75, 3.05) is 0 Å². The van der Waals surface area contributed by atoms with Crippen LogP contribution in [-0.2, 0) is 4.79 Å². The van der Waals surface area contributed by atoms with Crippen molar-refractivity contribution < 1.29 is 9.18 Å². The van der Waals surface area contributed by atoms with E-state index in [9.17, 15) is 9.18 Å². The van der Waals surface area contributed by atoms with Gasteiger partial charge in [-0.2, -0.15) is 5.26 Å². The van der Waals surface area contributed by atoms with E-state index in [1.54, 1.807) is 0 Å². The number of aldehydes is 1. The van der Waals surface area contributed by atoms with Crippen LogP contribution in [-0.4, -0.2) is 6.29 Å². The normalized spacial score (nSPS) is 8.29. The fourth-order valence-corrected chi connectivity index (χ4v) is 0.905. The monoisotopic (exact) mass is 187 g/mol. The molecule has 0 amide bonds. The molecule has 0 heterocycles. The Morgan fingerprint density at radius 1 is 1.43 bits per heavy atom. The number of nitrogens with zero attached hydrogens (tertiary/aromatic N) is 1. The second-order valence-electron chi connectivity index (χ2n) is 2.47. The fraction of sp³-hybridized carbons (Fsp3) is 0.0909. The minimum Gasteiger partial charge on any atom is -0.302 e. The Kier molecular flexibility index (Phi) is 3.41. The average Bonchev–Trinajstić information content (AvgIpc) is 2.19. The van der Waals surface area contributed by atoms with E-state index in [1.807, 2.05) is 6.07 Å². The molecule has 0 bridgehead atoms. The van der Waals surface area contributed by atoms with E-state index < -0.39 is 5.82 Å². The van der Waals surface area contributed by atoms with Crippen LogP contribution in [0.4, 0.5) is 4.39 Å². The van der Waals surface area contributed by atoms with Gasteiger partial charge in [0.15, 0.2) is 0 Å². The predicted molar refractivity (Wildman–Crippen MR) is 48.7 cm³/mol. The molecule has 14 heavy (non-hydrogen) atoms. The summed E-state index contributed by atoms with van der Waals surface area (Å²) in [5.41, 5.74) is 0.624. The molecule has 0 unspecified atom stereocenters. The molecule has 0 N–H and O–H groups in total. The second-order valence-corrected chi connectivity index (χ2v) is 2.47. The quantitative estimate of drug-likeness (QED) is 0.495. The van der Waals surface area contributed by atoms with E-state index in [2.05, 4.69) is 11.8 Å². The zero-order valence-corrected chi connectivity index (χ0v) is 7.25. The van der Waals surface area contributed by atoms with Gasteiger partial charge < -0.3 is 4.79 Å². The van der Waals surface area contributed by atoms with E-state index >= 15 is 0 Å².